The molecule has 0 unspecified atom stereocenters. The Balaban J connectivity index is 1.53. The molecule has 0 saturated carbocycles. The van der Waals surface area contributed by atoms with Crippen LogP contribution < -0.4 is 0 Å². The molecule has 5 rings (SSSR count). The molecular formula is C31H30N2S. The van der Waals surface area contributed by atoms with E-state index in [1.807, 2.05) is 11.8 Å². The van der Waals surface area contributed by atoms with Crippen molar-refractivity contribution >= 4 is 39.6 Å². The molecule has 4 aromatic carbocycles. The number of aliphatic imine (C=N–C) groups is 2. The summed E-state index contributed by atoms with van der Waals surface area (Å²) < 4.78 is 0. The maximum absolute atomic E-state index is 5.26. The molecule has 0 heterocycles. The molecule has 1 aliphatic carbocycles. The van der Waals surface area contributed by atoms with Crippen molar-refractivity contribution in [2.45, 2.75) is 39.5 Å². The highest BCUT2D eigenvalue weighted by molar-refractivity contribution is 7.99. The lowest BCUT2D eigenvalue weighted by atomic mass is 10.0. The van der Waals surface area contributed by atoms with E-state index in [-0.39, 0.29) is 0 Å². The van der Waals surface area contributed by atoms with E-state index in [1.54, 1.807) is 0 Å². The summed E-state index contributed by atoms with van der Waals surface area (Å²) in [6.07, 6.45) is 0. The second-order valence-corrected chi connectivity index (χ2v) is 10.5. The number of hydrogen-bond acceptors (Lipinski definition) is 3. The molecule has 0 atom stereocenters. The average Bonchev–Trinajstić information content (AvgIpc) is 3.08. The molecule has 0 bridgehead atoms. The molecule has 0 fully saturated rings. The Labute approximate surface area is 206 Å². The van der Waals surface area contributed by atoms with Crippen molar-refractivity contribution in [3.63, 3.8) is 0 Å². The minimum atomic E-state index is 0.752. The Morgan fingerprint density at radius 2 is 1.26 bits per heavy atom. The van der Waals surface area contributed by atoms with Crippen LogP contribution in [-0.4, -0.2) is 23.7 Å². The zero-order valence-corrected chi connectivity index (χ0v) is 21.4. The van der Waals surface area contributed by atoms with E-state index < -0.39 is 0 Å². The van der Waals surface area contributed by atoms with Crippen molar-refractivity contribution in [3.05, 3.63) is 106 Å². The highest BCUT2D eigenvalue weighted by atomic mass is 32.2. The fourth-order valence-corrected chi connectivity index (χ4v) is 6.02. The van der Waals surface area contributed by atoms with Crippen LogP contribution >= 0.6 is 11.8 Å². The van der Waals surface area contributed by atoms with E-state index in [2.05, 4.69) is 101 Å². The molecule has 1 aliphatic rings. The van der Waals surface area contributed by atoms with Crippen LogP contribution in [-0.2, 0) is 0 Å². The molecule has 0 spiro atoms. The predicted molar refractivity (Wildman–Crippen MR) is 149 cm³/mol. The van der Waals surface area contributed by atoms with E-state index in [0.717, 1.165) is 29.4 Å². The molecule has 0 aromatic heterocycles. The third kappa shape index (κ3) is 4.33. The molecule has 2 nitrogen and oxygen atoms in total. The Morgan fingerprint density at radius 1 is 0.676 bits per heavy atom. The number of thioether (sulfide) groups is 1. The van der Waals surface area contributed by atoms with Gasteiger partial charge in [0.05, 0.1) is 17.1 Å². The molecular weight excluding hydrogens is 432 g/mol. The fourth-order valence-electron chi connectivity index (χ4n) is 5.06. The number of hydrogen-bond donors (Lipinski definition) is 0. The first-order chi connectivity index (χ1) is 16.4. The van der Waals surface area contributed by atoms with Gasteiger partial charge in [-0.15, -0.1) is 11.8 Å². The standard InChI is InChI=1S/C31H30N2S/c1-19-14-20(2)18-25(17-19)34-13-12-32-30-26-10-6-8-24-9-7-11-27(28(24)26)31(30)33-29-22(4)15-21(3)16-23(29)5/h6-11,14-18H,12-13H2,1-5H3/b32-30+,33-31+. The summed E-state index contributed by atoms with van der Waals surface area (Å²) in [7, 11) is 0. The van der Waals surface area contributed by atoms with Crippen molar-refractivity contribution in [2.24, 2.45) is 9.98 Å². The second-order valence-electron chi connectivity index (χ2n) is 9.32. The van der Waals surface area contributed by atoms with Gasteiger partial charge in [0.25, 0.3) is 0 Å². The number of aryl methyl sites for hydroxylation is 5. The van der Waals surface area contributed by atoms with Gasteiger partial charge in [0, 0.05) is 33.7 Å². The largest absolute Gasteiger partial charge is 0.282 e. The summed E-state index contributed by atoms with van der Waals surface area (Å²) in [5, 5.41) is 2.52. The maximum Gasteiger partial charge on any atom is 0.0974 e. The first-order valence-electron chi connectivity index (χ1n) is 11.9. The molecule has 4 aromatic rings. The minimum Gasteiger partial charge on any atom is -0.282 e. The van der Waals surface area contributed by atoms with Crippen LogP contribution in [0.3, 0.4) is 0 Å². The van der Waals surface area contributed by atoms with Gasteiger partial charge in [-0.3, -0.25) is 4.99 Å². The van der Waals surface area contributed by atoms with Crippen molar-refractivity contribution in [1.82, 2.24) is 0 Å². The molecule has 34 heavy (non-hydrogen) atoms. The predicted octanol–water partition coefficient (Wildman–Crippen LogP) is 8.10. The highest BCUT2D eigenvalue weighted by Crippen LogP contribution is 2.35. The summed E-state index contributed by atoms with van der Waals surface area (Å²) in [4.78, 5) is 11.7. The van der Waals surface area contributed by atoms with E-state index in [4.69, 9.17) is 9.98 Å². The van der Waals surface area contributed by atoms with Crippen LogP contribution in [0.5, 0.6) is 0 Å². The van der Waals surface area contributed by atoms with Crippen molar-refractivity contribution in [1.29, 1.82) is 0 Å². The van der Waals surface area contributed by atoms with Gasteiger partial charge in [-0.1, -0.05) is 60.2 Å². The van der Waals surface area contributed by atoms with Crippen molar-refractivity contribution in [3.8, 4) is 0 Å². The number of benzene rings is 4. The van der Waals surface area contributed by atoms with E-state index in [1.165, 1.54) is 54.6 Å². The van der Waals surface area contributed by atoms with Crippen molar-refractivity contribution < 1.29 is 0 Å². The molecule has 0 saturated heterocycles. The van der Waals surface area contributed by atoms with E-state index in [9.17, 15) is 0 Å². The van der Waals surface area contributed by atoms with Gasteiger partial charge >= 0.3 is 0 Å². The zero-order chi connectivity index (χ0) is 23.8. The topological polar surface area (TPSA) is 24.7 Å². The summed E-state index contributed by atoms with van der Waals surface area (Å²) in [6.45, 7) is 11.5. The highest BCUT2D eigenvalue weighted by Gasteiger charge is 2.27. The lowest BCUT2D eigenvalue weighted by Crippen LogP contribution is -2.12. The van der Waals surface area contributed by atoms with Crippen LogP contribution in [0.25, 0.3) is 10.8 Å². The third-order valence-corrected chi connectivity index (χ3v) is 7.28. The van der Waals surface area contributed by atoms with Gasteiger partial charge in [0.1, 0.15) is 0 Å². The molecule has 0 amide bonds. The van der Waals surface area contributed by atoms with Gasteiger partial charge in [-0.2, -0.15) is 0 Å². The number of rotatable bonds is 5. The lowest BCUT2D eigenvalue weighted by molar-refractivity contribution is 1.15. The Bertz CT molecular complexity index is 1430. The van der Waals surface area contributed by atoms with Crippen LogP contribution in [0.2, 0.25) is 0 Å². The Kier molecular flexibility index (Phi) is 6.14. The fraction of sp³-hybridized carbons (Fsp3) is 0.226. The Morgan fingerprint density at radius 3 is 1.91 bits per heavy atom. The van der Waals surface area contributed by atoms with Crippen LogP contribution in [0.4, 0.5) is 5.69 Å². The molecule has 0 aliphatic heterocycles. The minimum absolute atomic E-state index is 0.752. The quantitative estimate of drug-likeness (QED) is 0.217. The summed E-state index contributed by atoms with van der Waals surface area (Å²) in [5.74, 6) is 0.939. The molecule has 0 radical (unpaired) electrons. The molecule has 170 valence electrons. The van der Waals surface area contributed by atoms with Crippen molar-refractivity contribution in [2.75, 3.05) is 12.3 Å². The van der Waals surface area contributed by atoms with Crippen LogP contribution in [0.15, 0.2) is 81.6 Å². The molecule has 0 N–H and O–H groups in total. The van der Waals surface area contributed by atoms with Gasteiger partial charge in [0.2, 0.25) is 0 Å². The van der Waals surface area contributed by atoms with Gasteiger partial charge < -0.3 is 0 Å². The van der Waals surface area contributed by atoms with Gasteiger partial charge in [0.15, 0.2) is 0 Å². The van der Waals surface area contributed by atoms with Crippen LogP contribution in [0.1, 0.15) is 38.9 Å². The normalized spacial score (nSPS) is 15.1. The SMILES string of the molecule is Cc1cc(C)cc(SCC/N=C2/C(=N/c3c(C)cc(C)cc3C)c3cccc4cccc2c34)c1. The van der Waals surface area contributed by atoms with E-state index in [0.29, 0.717) is 0 Å². The summed E-state index contributed by atoms with van der Waals surface area (Å²) in [5.41, 5.74) is 11.8. The average molecular weight is 463 g/mol. The second kappa shape index (κ2) is 9.23. The smallest absolute Gasteiger partial charge is 0.0974 e. The zero-order valence-electron chi connectivity index (χ0n) is 20.6. The first-order valence-corrected chi connectivity index (χ1v) is 12.8. The maximum atomic E-state index is 5.26. The van der Waals surface area contributed by atoms with E-state index >= 15 is 0 Å². The monoisotopic (exact) mass is 462 g/mol. The summed E-state index contributed by atoms with van der Waals surface area (Å²) in [6, 6.07) is 24.2. The third-order valence-electron chi connectivity index (χ3n) is 6.32. The van der Waals surface area contributed by atoms with Gasteiger partial charge in [-0.05, 0) is 74.4 Å². The van der Waals surface area contributed by atoms with Crippen LogP contribution in [0, 0.1) is 34.6 Å². The lowest BCUT2D eigenvalue weighted by Gasteiger charge is -2.10. The molecule has 3 heteroatoms. The summed E-state index contributed by atoms with van der Waals surface area (Å²) >= 11 is 1.87. The first kappa shape index (κ1) is 22.6. The number of nitrogens with zero attached hydrogens (tertiary/aromatic N) is 2. The Hall–Kier alpha value is -3.17. The van der Waals surface area contributed by atoms with Gasteiger partial charge in [-0.25, -0.2) is 4.99 Å².